The highest BCUT2D eigenvalue weighted by Crippen LogP contribution is 2.37. The molecule has 0 saturated carbocycles. The van der Waals surface area contributed by atoms with E-state index in [2.05, 4.69) is 16.6 Å². The summed E-state index contributed by atoms with van der Waals surface area (Å²) in [5.41, 5.74) is 0.574. The molecule has 5 nitrogen and oxygen atoms in total. The second-order valence-electron chi connectivity index (χ2n) is 7.67. The molecule has 1 heterocycles. The Morgan fingerprint density at radius 3 is 2.66 bits per heavy atom. The molecule has 0 aromatic rings. The van der Waals surface area contributed by atoms with Crippen LogP contribution in [0.2, 0.25) is 0 Å². The van der Waals surface area contributed by atoms with E-state index in [0.29, 0.717) is 31.3 Å². The predicted octanol–water partition coefficient (Wildman–Crippen LogP) is 3.70. The van der Waals surface area contributed by atoms with Crippen LogP contribution in [-0.4, -0.2) is 53.6 Å². The third kappa shape index (κ3) is 7.77. The minimum atomic E-state index is -3.38. The molecule has 3 unspecified atom stereocenters. The number of methoxy groups -OCH3 is 1. The van der Waals surface area contributed by atoms with E-state index in [1.165, 1.54) is 12.0 Å². The summed E-state index contributed by atoms with van der Waals surface area (Å²) in [7, 11) is 1.34. The number of hydrogen-bond donors (Lipinski definition) is 1. The molecule has 1 rings (SSSR count). The monoisotopic (exact) mass is 413 g/mol. The van der Waals surface area contributed by atoms with Gasteiger partial charge in [0.2, 0.25) is 0 Å². The number of esters is 1. The molecule has 1 aliphatic heterocycles. The molecule has 0 spiro atoms. The molecule has 0 aliphatic carbocycles. The lowest BCUT2D eigenvalue weighted by Crippen LogP contribution is -2.38. The molecule has 1 N–H and O–H groups in total. The third-order valence-corrected chi connectivity index (χ3v) is 5.30. The number of carbonyl (C=O) groups excluding carboxylic acids is 2. The largest absolute Gasteiger partial charge is 0.469 e. The van der Waals surface area contributed by atoms with Gasteiger partial charge in [-0.3, -0.25) is 9.59 Å². The maximum absolute atomic E-state index is 14.1. The summed E-state index contributed by atoms with van der Waals surface area (Å²) in [5.74, 6) is 0.755. The van der Waals surface area contributed by atoms with E-state index in [4.69, 9.17) is 0 Å². The van der Waals surface area contributed by atoms with Crippen LogP contribution >= 0.6 is 0 Å². The number of alkyl halides is 2. The minimum Gasteiger partial charge on any atom is -0.469 e. The lowest BCUT2D eigenvalue weighted by Gasteiger charge is -2.26. The summed E-state index contributed by atoms with van der Waals surface area (Å²) in [6.45, 7) is 5.48. The zero-order valence-corrected chi connectivity index (χ0v) is 17.8. The van der Waals surface area contributed by atoms with Crippen molar-refractivity contribution in [1.82, 2.24) is 4.90 Å². The molecule has 164 valence electrons. The number of aliphatic hydroxyl groups is 1. The number of unbranched alkanes of at least 4 members (excludes halogenated alkanes) is 3. The van der Waals surface area contributed by atoms with Gasteiger partial charge < -0.3 is 14.7 Å². The first-order chi connectivity index (χ1) is 13.6. The Bertz CT molecular complexity index is 651. The number of likely N-dealkylation sites (tertiary alicyclic amines) is 1. The van der Waals surface area contributed by atoms with Gasteiger partial charge in [-0.2, -0.15) is 8.78 Å². The second kappa shape index (κ2) is 11.9. The van der Waals surface area contributed by atoms with Gasteiger partial charge in [-0.05, 0) is 32.6 Å². The first-order valence-electron chi connectivity index (χ1n) is 10.2. The van der Waals surface area contributed by atoms with Crippen molar-refractivity contribution in [1.29, 1.82) is 0 Å². The first kappa shape index (κ1) is 25.1. The highest BCUT2D eigenvalue weighted by Gasteiger charge is 2.53. The Morgan fingerprint density at radius 2 is 2.03 bits per heavy atom. The van der Waals surface area contributed by atoms with Crippen LogP contribution in [0.4, 0.5) is 8.78 Å². The summed E-state index contributed by atoms with van der Waals surface area (Å²) in [6, 6.07) is -0.716. The van der Waals surface area contributed by atoms with Gasteiger partial charge in [-0.15, -0.1) is 11.8 Å². The van der Waals surface area contributed by atoms with Crippen molar-refractivity contribution in [3.63, 3.8) is 0 Å². The maximum atomic E-state index is 14.1. The number of halogens is 2. The van der Waals surface area contributed by atoms with Crippen LogP contribution in [0.1, 0.15) is 65.7 Å². The fourth-order valence-corrected chi connectivity index (χ4v) is 3.39. The van der Waals surface area contributed by atoms with Gasteiger partial charge in [-0.25, -0.2) is 0 Å². The highest BCUT2D eigenvalue weighted by atomic mass is 19.3. The zero-order valence-electron chi connectivity index (χ0n) is 17.8. The molecular formula is C22H33F2NO4. The van der Waals surface area contributed by atoms with E-state index >= 15 is 0 Å². The number of aliphatic hydroxyl groups excluding tert-OH is 1. The van der Waals surface area contributed by atoms with E-state index in [1.54, 1.807) is 19.9 Å². The molecule has 0 bridgehead atoms. The van der Waals surface area contributed by atoms with E-state index in [9.17, 15) is 23.5 Å². The normalized spacial score (nSPS) is 20.8. The van der Waals surface area contributed by atoms with E-state index < -0.39 is 30.4 Å². The van der Waals surface area contributed by atoms with Crippen molar-refractivity contribution >= 4 is 11.9 Å². The maximum Gasteiger partial charge on any atom is 0.327 e. The molecule has 1 saturated heterocycles. The topological polar surface area (TPSA) is 66.8 Å². The van der Waals surface area contributed by atoms with Crippen LogP contribution in [0, 0.1) is 17.8 Å². The van der Waals surface area contributed by atoms with E-state index in [0.717, 1.165) is 12.8 Å². The van der Waals surface area contributed by atoms with E-state index in [-0.39, 0.29) is 18.4 Å². The highest BCUT2D eigenvalue weighted by molar-refractivity contribution is 5.86. The molecule has 1 fully saturated rings. The number of hydrogen-bond acceptors (Lipinski definition) is 4. The Labute approximate surface area is 172 Å². The van der Waals surface area contributed by atoms with Crippen molar-refractivity contribution in [3.8, 4) is 11.8 Å². The zero-order chi connectivity index (χ0) is 22.0. The molecule has 1 amide bonds. The molecular weight excluding hydrogens is 380 g/mol. The quantitative estimate of drug-likeness (QED) is 0.243. The van der Waals surface area contributed by atoms with Gasteiger partial charge in [0, 0.05) is 25.8 Å². The standard InChI is InChI=1S/C22H33F2NO4/c1-5-6-11-16(2)19(26)14-17(3)18-15-22(23,24)21(28)25(18)13-10-8-7-9-12-20(27)29-4/h14,16,18-19,26H,7-13,15H2,1-4H3/b17-14+. The molecule has 7 heteroatoms. The van der Waals surface area contributed by atoms with Crippen molar-refractivity contribution in [3.05, 3.63) is 11.6 Å². The number of carbonyl (C=O) groups is 2. The molecule has 0 aromatic carbocycles. The van der Waals surface area contributed by atoms with Crippen LogP contribution in [0.5, 0.6) is 0 Å². The van der Waals surface area contributed by atoms with Gasteiger partial charge >= 0.3 is 11.9 Å². The van der Waals surface area contributed by atoms with Gasteiger partial charge in [0.05, 0.1) is 19.3 Å². The fourth-order valence-electron chi connectivity index (χ4n) is 3.39. The van der Waals surface area contributed by atoms with Crippen molar-refractivity contribution < 1.29 is 28.2 Å². The SMILES string of the molecule is CC#CCC(C)C(O)/C=C(\C)C1CC(F)(F)C(=O)N1CCCCCCC(=O)OC. The summed E-state index contributed by atoms with van der Waals surface area (Å²) in [5, 5.41) is 10.3. The van der Waals surface area contributed by atoms with Crippen molar-refractivity contribution in [2.24, 2.45) is 5.92 Å². The van der Waals surface area contributed by atoms with Crippen molar-refractivity contribution in [2.75, 3.05) is 13.7 Å². The van der Waals surface area contributed by atoms with Gasteiger partial charge in [-0.1, -0.05) is 31.4 Å². The minimum absolute atomic E-state index is 0.127. The summed E-state index contributed by atoms with van der Waals surface area (Å²) >= 11 is 0. The van der Waals surface area contributed by atoms with Crippen molar-refractivity contribution in [2.45, 2.75) is 83.8 Å². The van der Waals surface area contributed by atoms with Crippen LogP contribution in [0.3, 0.4) is 0 Å². The number of nitrogens with zero attached hydrogens (tertiary/aromatic N) is 1. The van der Waals surface area contributed by atoms with Gasteiger partial charge in [0.1, 0.15) is 0 Å². The van der Waals surface area contributed by atoms with Crippen LogP contribution in [-0.2, 0) is 14.3 Å². The Morgan fingerprint density at radius 1 is 1.38 bits per heavy atom. The molecule has 29 heavy (non-hydrogen) atoms. The van der Waals surface area contributed by atoms with Gasteiger partial charge in [0.15, 0.2) is 0 Å². The van der Waals surface area contributed by atoms with Crippen LogP contribution < -0.4 is 0 Å². The average molecular weight is 414 g/mol. The Hall–Kier alpha value is -1.94. The third-order valence-electron chi connectivity index (χ3n) is 5.30. The number of ether oxygens (including phenoxy) is 1. The Balaban J connectivity index is 2.68. The molecule has 3 atom stereocenters. The molecule has 0 radical (unpaired) electrons. The Kier molecular flexibility index (Phi) is 10.3. The molecule has 1 aliphatic rings. The fraction of sp³-hybridized carbons (Fsp3) is 0.727. The lowest BCUT2D eigenvalue weighted by molar-refractivity contribution is -0.148. The summed E-state index contributed by atoms with van der Waals surface area (Å²) in [4.78, 5) is 24.5. The van der Waals surface area contributed by atoms with Gasteiger partial charge in [0.25, 0.3) is 5.91 Å². The summed E-state index contributed by atoms with van der Waals surface area (Å²) in [6.07, 6.45) is 3.80. The average Bonchev–Trinajstić information content (AvgIpc) is 2.91. The van der Waals surface area contributed by atoms with E-state index in [1.807, 2.05) is 6.92 Å². The predicted molar refractivity (Wildman–Crippen MR) is 107 cm³/mol. The number of amides is 1. The first-order valence-corrected chi connectivity index (χ1v) is 10.2. The molecule has 0 aromatic heterocycles. The smallest absolute Gasteiger partial charge is 0.327 e. The van der Waals surface area contributed by atoms with Crippen LogP contribution in [0.15, 0.2) is 11.6 Å². The van der Waals surface area contributed by atoms with Crippen LogP contribution in [0.25, 0.3) is 0 Å². The second-order valence-corrected chi connectivity index (χ2v) is 7.67. The summed E-state index contributed by atoms with van der Waals surface area (Å²) < 4.78 is 32.7. The number of rotatable bonds is 11. The lowest BCUT2D eigenvalue weighted by atomic mass is 9.96.